The lowest BCUT2D eigenvalue weighted by atomic mass is 9.89. The maximum Gasteiger partial charge on any atom is 0.487 e. The van der Waals surface area contributed by atoms with Gasteiger partial charge in [-0.3, -0.25) is 29.4 Å². The van der Waals surface area contributed by atoms with Gasteiger partial charge in [0.25, 0.3) is 11.8 Å². The molecule has 0 radical (unpaired) electrons. The molecule has 398 valence electrons. The summed E-state index contributed by atoms with van der Waals surface area (Å²) in [6.07, 6.45) is 11.7. The zero-order valence-corrected chi connectivity index (χ0v) is 44.4. The highest BCUT2D eigenvalue weighted by atomic mass is 35.5. The fourth-order valence-electron chi connectivity index (χ4n) is 10.5. The molecule has 5 aliphatic heterocycles. The van der Waals surface area contributed by atoms with Crippen molar-refractivity contribution in [3.05, 3.63) is 159 Å². The second-order valence-corrected chi connectivity index (χ2v) is 21.5. The number of hydrogen-bond donors (Lipinski definition) is 4. The Bertz CT molecular complexity index is 3510. The lowest BCUT2D eigenvalue weighted by Crippen LogP contribution is -2.41. The molecule has 0 spiro atoms. The van der Waals surface area contributed by atoms with Crippen LogP contribution < -0.4 is 10.6 Å². The van der Waals surface area contributed by atoms with Crippen molar-refractivity contribution < 1.29 is 28.4 Å². The molecule has 4 aromatic carbocycles. The summed E-state index contributed by atoms with van der Waals surface area (Å²) in [6, 6.07) is 29.3. The molecule has 2 amide bonds. The fourth-order valence-corrected chi connectivity index (χ4v) is 10.7. The Hall–Kier alpha value is -6.69. The van der Waals surface area contributed by atoms with E-state index in [1.54, 1.807) is 0 Å². The molecular weight excluding hydrogens is 987 g/mol. The summed E-state index contributed by atoms with van der Waals surface area (Å²) in [4.78, 5) is 45.1. The second-order valence-electron chi connectivity index (χ2n) is 21.1. The van der Waals surface area contributed by atoms with E-state index in [-0.39, 0.29) is 37.6 Å². The number of aromatic amines is 2. The van der Waals surface area contributed by atoms with E-state index < -0.39 is 0 Å². The predicted octanol–water partition coefficient (Wildman–Crippen LogP) is 10.5. The van der Waals surface area contributed by atoms with Crippen LogP contribution in [0.5, 0.6) is 0 Å². The van der Waals surface area contributed by atoms with Crippen molar-refractivity contribution in [2.24, 2.45) is 0 Å². The summed E-state index contributed by atoms with van der Waals surface area (Å²) in [5.41, 5.74) is 10.4. The first kappa shape index (κ1) is 53.7. The number of rotatable bonds is 8. The number of morpholine rings is 2. The zero-order valence-electron chi connectivity index (χ0n) is 43.6. The van der Waals surface area contributed by atoms with Gasteiger partial charge in [-0.15, -0.1) is 0 Å². The smallest absolute Gasteiger partial charge is 0.400 e. The molecule has 0 saturated carbocycles. The van der Waals surface area contributed by atoms with Crippen molar-refractivity contribution in [2.45, 2.75) is 72.3 Å². The lowest BCUT2D eigenvalue weighted by molar-refractivity contribution is 0.00578. The molecule has 14 nitrogen and oxygen atoms in total. The molecule has 3 saturated heterocycles. The summed E-state index contributed by atoms with van der Waals surface area (Å²) >= 11 is 6.01. The standard InChI is InChI=1S/C27H26N4O2.C19H28BNO3.C14H10ClN3O.CH4/c32-27-25-22-7-5-20-16-29-21(15-23(20)26(22)30-24(25)8-9-28-27)6-4-18-2-1-3-19(14-18)17-31-10-12-33-13-11-31;1-18(2)19(3,4)24-20(23-18)9-8-16-6-5-7-17(14-16)15-21-10-12-22-13-11-21;15-11-5-9-7(6-17-11)1-2-8-12-10(18-13(8)9)3-4-16-14(12)19;/h1-7,14-16,29H,8-13,17H2,(H,28,32);5-9,14H,10-13,15H2,1-4H3;1-2,5-6,17H,3-4H2,(H,16,19);1H4/b6-4+;9-8+;;. The van der Waals surface area contributed by atoms with Gasteiger partial charge in [0.2, 0.25) is 0 Å². The molecule has 13 rings (SSSR count). The van der Waals surface area contributed by atoms with Gasteiger partial charge >= 0.3 is 7.12 Å². The SMILES string of the molecule is C.CC1(C)OB(/C=C/c2cccc(CN3CCOCC3)c2)OC1(C)C.O=C1NCCc2nc3c(ccc4c[nH]c(/C=C/c5cccc(CN6CCOCC6)c5)cc43)c21.O=C1NCCc2nc3c(ccc4c[nH]c(Cl)cc43)c21. The molecule has 0 unspecified atom stereocenters. The molecule has 9 heterocycles. The molecule has 4 N–H and O–H groups in total. The van der Waals surface area contributed by atoms with Crippen LogP contribution in [0.15, 0.2) is 103 Å². The maximum atomic E-state index is 12.4. The fraction of sp³-hybridized carbons (Fsp3) is 0.344. The summed E-state index contributed by atoms with van der Waals surface area (Å²) in [5.74, 6) is 1.96. The molecule has 0 aliphatic carbocycles. The number of fused-ring (bicyclic) bond motifs is 10. The van der Waals surface area contributed by atoms with Crippen molar-refractivity contribution in [3.63, 3.8) is 0 Å². The Morgan fingerprint density at radius 2 is 1.10 bits per heavy atom. The van der Waals surface area contributed by atoms with E-state index in [1.807, 2.05) is 42.6 Å². The number of ether oxygens (including phenoxy) is 2. The van der Waals surface area contributed by atoms with Crippen LogP contribution in [0.3, 0.4) is 0 Å². The molecule has 0 atom stereocenters. The van der Waals surface area contributed by atoms with E-state index in [0.717, 1.165) is 145 Å². The van der Waals surface area contributed by atoms with E-state index in [0.29, 0.717) is 23.8 Å². The van der Waals surface area contributed by atoms with Crippen molar-refractivity contribution in [1.29, 1.82) is 0 Å². The normalized spacial score (nSPS) is 18.4. The minimum absolute atomic E-state index is 0. The van der Waals surface area contributed by atoms with Gasteiger partial charge in [-0.05, 0) is 73.5 Å². The monoisotopic (exact) mass is 1050 g/mol. The molecule has 16 heteroatoms. The molecular formula is C61H68BClN8O6. The molecule has 8 aromatic rings. The van der Waals surface area contributed by atoms with E-state index in [2.05, 4.69) is 142 Å². The van der Waals surface area contributed by atoms with Crippen molar-refractivity contribution in [3.8, 4) is 0 Å². The first-order chi connectivity index (χ1) is 36.8. The third-order valence-corrected chi connectivity index (χ3v) is 15.5. The Balaban J connectivity index is 0.000000136. The molecule has 5 aliphatic rings. The quantitative estimate of drug-likeness (QED) is 0.0853. The Morgan fingerprint density at radius 1 is 0.610 bits per heavy atom. The minimum Gasteiger partial charge on any atom is -0.400 e. The van der Waals surface area contributed by atoms with E-state index in [4.69, 9.17) is 35.4 Å². The Labute approximate surface area is 455 Å². The van der Waals surface area contributed by atoms with Crippen LogP contribution in [-0.4, -0.2) is 126 Å². The summed E-state index contributed by atoms with van der Waals surface area (Å²) < 4.78 is 22.9. The van der Waals surface area contributed by atoms with Gasteiger partial charge in [0.1, 0.15) is 5.15 Å². The predicted molar refractivity (Wildman–Crippen MR) is 310 cm³/mol. The van der Waals surface area contributed by atoms with E-state index in [1.165, 1.54) is 22.3 Å². The van der Waals surface area contributed by atoms with Gasteiger partial charge in [-0.1, -0.05) is 110 Å². The first-order valence-corrected chi connectivity index (χ1v) is 26.8. The number of hydrogen-bond acceptors (Lipinski definition) is 10. The van der Waals surface area contributed by atoms with Crippen LogP contribution in [0.2, 0.25) is 5.15 Å². The number of amides is 2. The van der Waals surface area contributed by atoms with Crippen LogP contribution in [0.25, 0.3) is 61.6 Å². The number of H-pyrrole nitrogens is 2. The van der Waals surface area contributed by atoms with Crippen molar-refractivity contribution in [1.82, 2.24) is 40.4 Å². The van der Waals surface area contributed by atoms with Crippen molar-refractivity contribution >= 4 is 92.1 Å². The van der Waals surface area contributed by atoms with E-state index >= 15 is 0 Å². The minimum atomic E-state index is -0.294. The van der Waals surface area contributed by atoms with Gasteiger partial charge in [0.15, 0.2) is 0 Å². The number of pyridine rings is 2. The maximum absolute atomic E-state index is 12.4. The van der Waals surface area contributed by atoms with Gasteiger partial charge in [-0.2, -0.15) is 0 Å². The van der Waals surface area contributed by atoms with Crippen LogP contribution in [0.4, 0.5) is 0 Å². The summed E-state index contributed by atoms with van der Waals surface area (Å²) in [5, 5.41) is 12.4. The molecule has 4 aromatic heterocycles. The highest BCUT2D eigenvalue weighted by molar-refractivity contribution is 6.52. The highest BCUT2D eigenvalue weighted by Crippen LogP contribution is 2.37. The summed E-state index contributed by atoms with van der Waals surface area (Å²) in [6.45, 7) is 18.8. The number of carbonyl (C=O) groups is 2. The van der Waals surface area contributed by atoms with Crippen LogP contribution in [0, 0.1) is 0 Å². The zero-order chi connectivity index (χ0) is 52.4. The number of carbonyl (C=O) groups excluding carboxylic acids is 2. The average Bonchev–Trinajstić information content (AvgIpc) is 4.09. The largest absolute Gasteiger partial charge is 0.487 e. The van der Waals surface area contributed by atoms with Crippen LogP contribution in [-0.2, 0) is 44.7 Å². The van der Waals surface area contributed by atoms with E-state index in [9.17, 15) is 9.59 Å². The molecule has 0 bridgehead atoms. The number of nitrogens with zero attached hydrogens (tertiary/aromatic N) is 4. The third-order valence-electron chi connectivity index (χ3n) is 15.3. The van der Waals surface area contributed by atoms with Gasteiger partial charge in [-0.25, -0.2) is 0 Å². The van der Waals surface area contributed by atoms with Crippen LogP contribution >= 0.6 is 11.6 Å². The molecule has 3 fully saturated rings. The molecule has 77 heavy (non-hydrogen) atoms. The summed E-state index contributed by atoms with van der Waals surface area (Å²) in [7, 11) is -0.294. The second kappa shape index (κ2) is 23.1. The van der Waals surface area contributed by atoms with Crippen molar-refractivity contribution in [2.75, 3.05) is 65.7 Å². The number of halogens is 1. The average molecular weight is 1060 g/mol. The van der Waals surface area contributed by atoms with Gasteiger partial charge in [0.05, 0.1) is 71.2 Å². The Morgan fingerprint density at radius 3 is 1.64 bits per heavy atom. The topological polar surface area (TPSA) is 159 Å². The third kappa shape index (κ3) is 11.9. The first-order valence-electron chi connectivity index (χ1n) is 26.4. The van der Waals surface area contributed by atoms with Crippen LogP contribution in [0.1, 0.15) is 95.2 Å². The lowest BCUT2D eigenvalue weighted by Gasteiger charge is -2.32. The number of benzene rings is 4. The highest BCUT2D eigenvalue weighted by Gasteiger charge is 2.50. The Kier molecular flexibility index (Phi) is 16.1. The number of nitrogens with one attached hydrogen (secondary N) is 4. The van der Waals surface area contributed by atoms with Gasteiger partial charge in [0, 0.05) is 110 Å². The number of aromatic nitrogens is 4. The van der Waals surface area contributed by atoms with Gasteiger partial charge < -0.3 is 39.4 Å².